The summed E-state index contributed by atoms with van der Waals surface area (Å²) < 4.78 is 42.4. The minimum atomic E-state index is -4.47. The zero-order valence-corrected chi connectivity index (χ0v) is 21.1. The number of ether oxygens (including phenoxy) is 1. The van der Waals surface area contributed by atoms with E-state index in [-0.39, 0.29) is 23.0 Å². The molecule has 0 aliphatic heterocycles. The maximum atomic E-state index is 12.5. The van der Waals surface area contributed by atoms with Crippen molar-refractivity contribution in [1.29, 1.82) is 0 Å². The third-order valence-electron chi connectivity index (χ3n) is 5.16. The predicted molar refractivity (Wildman–Crippen MR) is 131 cm³/mol. The second kappa shape index (κ2) is 11.6. The Hall–Kier alpha value is -3.40. The molecule has 3 rings (SSSR count). The Balaban J connectivity index is 1.99. The van der Waals surface area contributed by atoms with E-state index in [0.717, 1.165) is 19.1 Å². The first-order valence-electron chi connectivity index (χ1n) is 11.2. The summed E-state index contributed by atoms with van der Waals surface area (Å²) in [5, 5.41) is 9.45. The Morgan fingerprint density at radius 3 is 2.56 bits per heavy atom. The van der Waals surface area contributed by atoms with Crippen LogP contribution in [0.4, 0.5) is 13.2 Å². The van der Waals surface area contributed by atoms with Gasteiger partial charge in [-0.05, 0) is 42.7 Å². The van der Waals surface area contributed by atoms with Gasteiger partial charge < -0.3 is 9.72 Å². The molecule has 3 heterocycles. The number of H-pyrrole nitrogens is 2. The molecule has 0 spiro atoms. The molecule has 1 atom stereocenters. The van der Waals surface area contributed by atoms with Gasteiger partial charge in [-0.15, -0.1) is 5.10 Å². The predicted octanol–water partition coefficient (Wildman–Crippen LogP) is 3.70. The minimum Gasteiger partial charge on any atom is -0.468 e. The topological polar surface area (TPSA) is 127 Å². The lowest BCUT2D eigenvalue weighted by molar-refractivity contribution is -0.154. The lowest BCUT2D eigenvalue weighted by Crippen LogP contribution is -2.23. The molecular weight excluding hydrogens is 496 g/mol. The quantitative estimate of drug-likeness (QED) is 0.411. The molecule has 2 N–H and O–H groups in total. The number of hydrogen-bond donors (Lipinski definition) is 2. The molecule has 36 heavy (non-hydrogen) atoms. The molecule has 1 unspecified atom stereocenters. The average molecular weight is 522 g/mol. The van der Waals surface area contributed by atoms with Gasteiger partial charge in [0.05, 0.1) is 11.3 Å². The van der Waals surface area contributed by atoms with E-state index >= 15 is 0 Å². The first-order chi connectivity index (χ1) is 17.0. The zero-order chi connectivity index (χ0) is 26.5. The summed E-state index contributed by atoms with van der Waals surface area (Å²) in [7, 11) is 1.02. The number of alkyl halides is 3. The highest BCUT2D eigenvalue weighted by atomic mass is 31.1. The van der Waals surface area contributed by atoms with Crippen molar-refractivity contribution in [2.24, 2.45) is 5.92 Å². The smallest absolute Gasteiger partial charge is 0.422 e. The SMILES string of the molecule is CCC(Cc1cc(OCC(F)(F)F)ncn1)C(=PC(C)C)c1cc(-c2c[nH]c(=O)[nH]c2=O)nnc1C. The molecule has 0 bridgehead atoms. The normalized spacial score (nSPS) is 13.2. The molecule has 0 fully saturated rings. The van der Waals surface area contributed by atoms with Crippen molar-refractivity contribution in [3.63, 3.8) is 0 Å². The van der Waals surface area contributed by atoms with E-state index in [2.05, 4.69) is 44.0 Å². The summed E-state index contributed by atoms with van der Waals surface area (Å²) in [5.74, 6) is -0.180. The van der Waals surface area contributed by atoms with Crippen molar-refractivity contribution < 1.29 is 17.9 Å². The molecule has 9 nitrogen and oxygen atoms in total. The first-order valence-corrected chi connectivity index (χ1v) is 12.2. The Kier molecular flexibility index (Phi) is 8.73. The monoisotopic (exact) mass is 522 g/mol. The second-order valence-electron chi connectivity index (χ2n) is 8.38. The molecule has 13 heteroatoms. The third kappa shape index (κ3) is 7.30. The summed E-state index contributed by atoms with van der Waals surface area (Å²) in [5.41, 5.74) is 1.58. The van der Waals surface area contributed by atoms with E-state index in [1.54, 1.807) is 6.07 Å². The minimum absolute atomic E-state index is 0.0379. The van der Waals surface area contributed by atoms with Crippen molar-refractivity contribution in [3.05, 3.63) is 62.4 Å². The van der Waals surface area contributed by atoms with Crippen LogP contribution in [-0.2, 0) is 6.42 Å². The van der Waals surface area contributed by atoms with Crippen LogP contribution in [0.2, 0.25) is 0 Å². The van der Waals surface area contributed by atoms with E-state index in [0.29, 0.717) is 29.9 Å². The van der Waals surface area contributed by atoms with Gasteiger partial charge in [-0.2, -0.15) is 18.3 Å². The van der Waals surface area contributed by atoms with Gasteiger partial charge >= 0.3 is 11.9 Å². The molecule has 0 aliphatic carbocycles. The first kappa shape index (κ1) is 27.2. The molecule has 192 valence electrons. The highest BCUT2D eigenvalue weighted by molar-refractivity contribution is 7.42. The molecule has 3 aromatic rings. The van der Waals surface area contributed by atoms with Crippen LogP contribution in [0, 0.1) is 12.8 Å². The average Bonchev–Trinajstić information content (AvgIpc) is 2.80. The highest BCUT2D eigenvalue weighted by Crippen LogP contribution is 2.28. The number of hydrogen-bond acceptors (Lipinski definition) is 7. The summed E-state index contributed by atoms with van der Waals surface area (Å²) in [4.78, 5) is 36.4. The second-order valence-corrected chi connectivity index (χ2v) is 10.2. The van der Waals surface area contributed by atoms with Gasteiger partial charge in [-0.1, -0.05) is 29.0 Å². The Morgan fingerprint density at radius 1 is 1.17 bits per heavy atom. The Labute approximate surface area is 206 Å². The number of rotatable bonds is 9. The van der Waals surface area contributed by atoms with Crippen LogP contribution in [0.3, 0.4) is 0 Å². The standard InChI is InChI=1S/C23H26F3N6O3P/c1-5-14(6-15-7-19(29-11-28-15)35-10-23(24,25)26)20(36-12(2)3)16-8-18(32-31-13(16)4)17-9-27-22(34)30-21(17)33/h7-9,11-12,14H,5-6,10H2,1-4H3,(H2,27,30,33,34). The van der Waals surface area contributed by atoms with E-state index in [1.807, 2.05) is 13.8 Å². The molecule has 3 aromatic heterocycles. The lowest BCUT2D eigenvalue weighted by atomic mass is 9.91. The summed E-state index contributed by atoms with van der Waals surface area (Å²) in [6, 6.07) is 3.19. The van der Waals surface area contributed by atoms with Crippen molar-refractivity contribution >= 4 is 13.5 Å². The van der Waals surface area contributed by atoms with Crippen LogP contribution in [0.25, 0.3) is 11.3 Å². The number of nitrogens with zero attached hydrogens (tertiary/aromatic N) is 4. The van der Waals surface area contributed by atoms with Gasteiger partial charge in [0.1, 0.15) is 12.0 Å². The van der Waals surface area contributed by atoms with E-state index < -0.39 is 24.0 Å². The van der Waals surface area contributed by atoms with E-state index in [9.17, 15) is 22.8 Å². The van der Waals surface area contributed by atoms with Gasteiger partial charge in [0.2, 0.25) is 5.88 Å². The Morgan fingerprint density at radius 2 is 1.92 bits per heavy atom. The maximum Gasteiger partial charge on any atom is 0.422 e. The van der Waals surface area contributed by atoms with Crippen molar-refractivity contribution in [2.75, 3.05) is 6.61 Å². The fraction of sp³-hybridized carbons (Fsp3) is 0.435. The fourth-order valence-electron chi connectivity index (χ4n) is 3.53. The molecule has 0 aliphatic rings. The van der Waals surface area contributed by atoms with Gasteiger partial charge in [-0.3, -0.25) is 9.78 Å². The van der Waals surface area contributed by atoms with Gasteiger partial charge in [0, 0.05) is 23.5 Å². The van der Waals surface area contributed by atoms with Crippen LogP contribution >= 0.6 is 8.20 Å². The van der Waals surface area contributed by atoms with Crippen molar-refractivity contribution in [3.8, 4) is 17.1 Å². The van der Waals surface area contributed by atoms with Gasteiger partial charge in [-0.25, -0.2) is 14.8 Å². The number of halogens is 3. The van der Waals surface area contributed by atoms with Gasteiger partial charge in [0.25, 0.3) is 5.56 Å². The molecule has 0 amide bonds. The zero-order valence-electron chi connectivity index (χ0n) is 20.2. The van der Waals surface area contributed by atoms with Gasteiger partial charge in [0.15, 0.2) is 6.61 Å². The molecule has 0 saturated carbocycles. The number of aromatic nitrogens is 6. The van der Waals surface area contributed by atoms with Crippen LogP contribution < -0.4 is 16.0 Å². The molecule has 0 saturated heterocycles. The molecular formula is C23H26F3N6O3P. The van der Waals surface area contributed by atoms with E-state index in [1.165, 1.54) is 18.6 Å². The molecule has 0 radical (unpaired) electrons. The van der Waals surface area contributed by atoms with Crippen LogP contribution in [0.15, 0.2) is 34.2 Å². The number of aromatic amines is 2. The fourth-order valence-corrected chi connectivity index (χ4v) is 4.93. The van der Waals surface area contributed by atoms with Crippen molar-refractivity contribution in [2.45, 2.75) is 52.4 Å². The number of aryl methyl sites for hydroxylation is 1. The number of nitrogens with one attached hydrogen (secondary N) is 2. The molecule has 0 aromatic carbocycles. The summed E-state index contributed by atoms with van der Waals surface area (Å²) >= 11 is 0. The van der Waals surface area contributed by atoms with Crippen LogP contribution in [0.5, 0.6) is 5.88 Å². The maximum absolute atomic E-state index is 12.5. The Bertz CT molecular complexity index is 1350. The largest absolute Gasteiger partial charge is 0.468 e. The highest BCUT2D eigenvalue weighted by Gasteiger charge is 2.29. The van der Waals surface area contributed by atoms with Crippen LogP contribution in [0.1, 0.15) is 44.1 Å². The summed E-state index contributed by atoms with van der Waals surface area (Å²) in [6.07, 6.45) is -0.829. The van der Waals surface area contributed by atoms with Crippen LogP contribution in [-0.4, -0.2) is 53.9 Å². The lowest BCUT2D eigenvalue weighted by Gasteiger charge is -2.21. The van der Waals surface area contributed by atoms with Crippen molar-refractivity contribution in [1.82, 2.24) is 30.1 Å². The summed E-state index contributed by atoms with van der Waals surface area (Å²) in [6.45, 7) is 6.54. The third-order valence-corrected chi connectivity index (χ3v) is 6.57. The van der Waals surface area contributed by atoms with E-state index in [4.69, 9.17) is 4.74 Å².